The molecule has 1 aromatic rings. The highest BCUT2D eigenvalue weighted by Gasteiger charge is 2.12. The zero-order valence-electron chi connectivity index (χ0n) is 8.86. The number of benzene rings is 1. The zero-order valence-corrected chi connectivity index (χ0v) is 8.86. The van der Waals surface area contributed by atoms with Gasteiger partial charge >= 0.3 is 5.97 Å². The minimum Gasteiger partial charge on any atom is -0.493 e. The number of ether oxygens (including phenoxy) is 1. The van der Waals surface area contributed by atoms with Crippen LogP contribution in [0.1, 0.15) is 19.4 Å². The second-order valence-electron chi connectivity index (χ2n) is 3.06. The van der Waals surface area contributed by atoms with Crippen LogP contribution in [0.2, 0.25) is 0 Å². The van der Waals surface area contributed by atoms with Crippen LogP contribution < -0.4 is 0 Å². The standard InChI is InChI=1S/C12H14O3/c1-3-15-11(9(2)12(13)14)10-7-5-4-6-8-10/h4-8H,3H2,1-2H3,(H,13,14)/b11-9+. The maximum Gasteiger partial charge on any atom is 0.335 e. The molecule has 3 nitrogen and oxygen atoms in total. The molecule has 80 valence electrons. The summed E-state index contributed by atoms with van der Waals surface area (Å²) in [7, 11) is 0. The Morgan fingerprint density at radius 1 is 1.33 bits per heavy atom. The van der Waals surface area contributed by atoms with Crippen molar-refractivity contribution in [3.05, 3.63) is 41.5 Å². The van der Waals surface area contributed by atoms with Crippen LogP contribution in [0.5, 0.6) is 0 Å². The number of aliphatic carboxylic acids is 1. The maximum absolute atomic E-state index is 10.9. The van der Waals surface area contributed by atoms with Crippen LogP contribution in [0.3, 0.4) is 0 Å². The fraction of sp³-hybridized carbons (Fsp3) is 0.250. The van der Waals surface area contributed by atoms with Crippen LogP contribution in [-0.4, -0.2) is 17.7 Å². The molecule has 0 unspecified atom stereocenters. The number of carboxylic acid groups (broad SMARTS) is 1. The van der Waals surface area contributed by atoms with Crippen molar-refractivity contribution in [3.63, 3.8) is 0 Å². The Kier molecular flexibility index (Phi) is 3.92. The Balaban J connectivity index is 3.14. The Morgan fingerprint density at radius 2 is 1.93 bits per heavy atom. The van der Waals surface area contributed by atoms with Crippen molar-refractivity contribution >= 4 is 11.7 Å². The van der Waals surface area contributed by atoms with Gasteiger partial charge in [-0.1, -0.05) is 30.3 Å². The lowest BCUT2D eigenvalue weighted by Crippen LogP contribution is -2.03. The number of carboxylic acids is 1. The summed E-state index contributed by atoms with van der Waals surface area (Å²) in [5.74, 6) is -0.520. The average Bonchev–Trinajstić information content (AvgIpc) is 2.26. The van der Waals surface area contributed by atoms with Gasteiger partial charge in [0.05, 0.1) is 12.2 Å². The van der Waals surface area contributed by atoms with Gasteiger partial charge in [-0.25, -0.2) is 4.79 Å². The van der Waals surface area contributed by atoms with E-state index in [-0.39, 0.29) is 5.57 Å². The molecule has 0 amide bonds. The van der Waals surface area contributed by atoms with Gasteiger partial charge in [0.15, 0.2) is 0 Å². The van der Waals surface area contributed by atoms with Crippen LogP contribution in [0.4, 0.5) is 0 Å². The molecule has 0 heterocycles. The Hall–Kier alpha value is -1.77. The van der Waals surface area contributed by atoms with Crippen LogP contribution in [-0.2, 0) is 9.53 Å². The molecule has 0 aliphatic carbocycles. The molecule has 0 bridgehead atoms. The van der Waals surface area contributed by atoms with Gasteiger partial charge in [0.25, 0.3) is 0 Å². The molecule has 0 spiro atoms. The summed E-state index contributed by atoms with van der Waals surface area (Å²) in [4.78, 5) is 10.9. The normalized spacial score (nSPS) is 11.9. The van der Waals surface area contributed by atoms with Crippen molar-refractivity contribution in [1.29, 1.82) is 0 Å². The van der Waals surface area contributed by atoms with Crippen LogP contribution in [0, 0.1) is 0 Å². The molecule has 1 N–H and O–H groups in total. The van der Waals surface area contributed by atoms with E-state index in [2.05, 4.69) is 0 Å². The predicted octanol–water partition coefficient (Wildman–Crippen LogP) is 2.54. The number of hydrogen-bond acceptors (Lipinski definition) is 2. The average molecular weight is 206 g/mol. The van der Waals surface area contributed by atoms with Crippen LogP contribution >= 0.6 is 0 Å². The maximum atomic E-state index is 10.9. The Labute approximate surface area is 89.0 Å². The van der Waals surface area contributed by atoms with Crippen LogP contribution in [0.15, 0.2) is 35.9 Å². The molecule has 15 heavy (non-hydrogen) atoms. The van der Waals surface area contributed by atoms with Crippen molar-refractivity contribution in [1.82, 2.24) is 0 Å². The van der Waals surface area contributed by atoms with Gasteiger partial charge < -0.3 is 9.84 Å². The second kappa shape index (κ2) is 5.20. The van der Waals surface area contributed by atoms with Gasteiger partial charge in [-0.2, -0.15) is 0 Å². The molecule has 1 aromatic carbocycles. The van der Waals surface area contributed by atoms with Crippen molar-refractivity contribution in [2.45, 2.75) is 13.8 Å². The molecule has 0 saturated heterocycles. The molecule has 0 aliphatic heterocycles. The van der Waals surface area contributed by atoms with E-state index in [1.54, 1.807) is 6.92 Å². The van der Waals surface area contributed by atoms with Crippen molar-refractivity contribution in [3.8, 4) is 0 Å². The van der Waals surface area contributed by atoms with E-state index in [4.69, 9.17) is 9.84 Å². The first-order valence-corrected chi connectivity index (χ1v) is 4.79. The summed E-state index contributed by atoms with van der Waals surface area (Å²) in [6.45, 7) is 3.83. The molecule has 0 radical (unpaired) electrons. The van der Waals surface area contributed by atoms with Gasteiger partial charge in [-0.05, 0) is 13.8 Å². The summed E-state index contributed by atoms with van der Waals surface area (Å²) in [5, 5.41) is 8.90. The van der Waals surface area contributed by atoms with Crippen molar-refractivity contribution in [2.75, 3.05) is 6.61 Å². The largest absolute Gasteiger partial charge is 0.493 e. The molecular formula is C12H14O3. The first-order valence-electron chi connectivity index (χ1n) is 4.79. The monoisotopic (exact) mass is 206 g/mol. The first-order chi connectivity index (χ1) is 7.16. The van der Waals surface area contributed by atoms with E-state index >= 15 is 0 Å². The molecule has 0 saturated carbocycles. The van der Waals surface area contributed by atoms with Gasteiger partial charge in [0.2, 0.25) is 0 Å². The highest BCUT2D eigenvalue weighted by atomic mass is 16.5. The first kappa shape index (κ1) is 11.3. The summed E-state index contributed by atoms with van der Waals surface area (Å²) < 4.78 is 5.35. The Bertz CT molecular complexity index is 366. The zero-order chi connectivity index (χ0) is 11.3. The molecule has 0 aliphatic rings. The van der Waals surface area contributed by atoms with E-state index in [1.807, 2.05) is 37.3 Å². The van der Waals surface area contributed by atoms with Gasteiger partial charge in [0.1, 0.15) is 5.76 Å². The lowest BCUT2D eigenvalue weighted by atomic mass is 10.1. The molecule has 1 rings (SSSR count). The summed E-state index contributed by atoms with van der Waals surface area (Å²) >= 11 is 0. The van der Waals surface area contributed by atoms with Gasteiger partial charge in [0, 0.05) is 5.56 Å². The number of rotatable bonds is 4. The third-order valence-electron chi connectivity index (χ3n) is 1.99. The quantitative estimate of drug-likeness (QED) is 0.608. The summed E-state index contributed by atoms with van der Waals surface area (Å²) in [5.41, 5.74) is 1.02. The predicted molar refractivity (Wildman–Crippen MR) is 58.3 cm³/mol. The lowest BCUT2D eigenvalue weighted by molar-refractivity contribution is -0.132. The van der Waals surface area contributed by atoms with E-state index in [1.165, 1.54) is 0 Å². The smallest absolute Gasteiger partial charge is 0.335 e. The molecule has 0 atom stereocenters. The third kappa shape index (κ3) is 2.84. The van der Waals surface area contributed by atoms with Crippen LogP contribution in [0.25, 0.3) is 5.76 Å². The van der Waals surface area contributed by atoms with E-state index in [0.29, 0.717) is 12.4 Å². The molecular weight excluding hydrogens is 192 g/mol. The number of hydrogen-bond donors (Lipinski definition) is 1. The lowest BCUT2D eigenvalue weighted by Gasteiger charge is -2.10. The highest BCUT2D eigenvalue weighted by Crippen LogP contribution is 2.19. The summed E-state index contributed by atoms with van der Waals surface area (Å²) in [6, 6.07) is 9.24. The fourth-order valence-electron chi connectivity index (χ4n) is 1.24. The minimum absolute atomic E-state index is 0.225. The minimum atomic E-state index is -0.956. The van der Waals surface area contributed by atoms with Gasteiger partial charge in [-0.15, -0.1) is 0 Å². The van der Waals surface area contributed by atoms with E-state index in [9.17, 15) is 4.79 Å². The van der Waals surface area contributed by atoms with E-state index < -0.39 is 5.97 Å². The second-order valence-corrected chi connectivity index (χ2v) is 3.06. The summed E-state index contributed by atoms with van der Waals surface area (Å²) in [6.07, 6.45) is 0. The highest BCUT2D eigenvalue weighted by molar-refractivity contribution is 5.94. The topological polar surface area (TPSA) is 46.5 Å². The fourth-order valence-corrected chi connectivity index (χ4v) is 1.24. The Morgan fingerprint density at radius 3 is 2.40 bits per heavy atom. The third-order valence-corrected chi connectivity index (χ3v) is 1.99. The van der Waals surface area contributed by atoms with E-state index in [0.717, 1.165) is 5.56 Å². The van der Waals surface area contributed by atoms with Crippen molar-refractivity contribution < 1.29 is 14.6 Å². The number of carbonyl (C=O) groups is 1. The molecule has 3 heteroatoms. The molecule has 0 aromatic heterocycles. The molecule has 0 fully saturated rings. The van der Waals surface area contributed by atoms with Crippen molar-refractivity contribution in [2.24, 2.45) is 0 Å². The SMILES string of the molecule is CCO/C(=C(\C)C(=O)O)c1ccccc1. The van der Waals surface area contributed by atoms with Gasteiger partial charge in [-0.3, -0.25) is 0 Å².